The Morgan fingerprint density at radius 1 is 1.31 bits per heavy atom. The lowest BCUT2D eigenvalue weighted by Crippen LogP contribution is -2.18. The predicted molar refractivity (Wildman–Crippen MR) is 58.0 cm³/mol. The van der Waals surface area contributed by atoms with Crippen molar-refractivity contribution in [3.05, 3.63) is 34.9 Å². The van der Waals surface area contributed by atoms with Crippen LogP contribution in [0, 0.1) is 13.8 Å². The van der Waals surface area contributed by atoms with Crippen molar-refractivity contribution in [3.8, 4) is 0 Å². The fourth-order valence-corrected chi connectivity index (χ4v) is 1.64. The van der Waals surface area contributed by atoms with E-state index in [0.29, 0.717) is 6.04 Å². The Hall–Kier alpha value is -0.820. The molecular formula is C12H19N. The molecule has 0 heterocycles. The molecule has 0 spiro atoms. The molecule has 1 heteroatoms. The van der Waals surface area contributed by atoms with Crippen LogP contribution in [0.15, 0.2) is 18.2 Å². The van der Waals surface area contributed by atoms with Gasteiger partial charge in [-0.2, -0.15) is 0 Å². The fraction of sp³-hybridized carbons (Fsp3) is 0.500. The normalized spacial score (nSPS) is 12.9. The molecule has 1 N–H and O–H groups in total. The largest absolute Gasteiger partial charge is 0.310 e. The molecule has 0 saturated carbocycles. The SMILES string of the molecule is CCNC(C)c1cc(C)ccc1C. The van der Waals surface area contributed by atoms with Crippen LogP contribution in [-0.2, 0) is 0 Å². The Morgan fingerprint density at radius 2 is 2.00 bits per heavy atom. The Morgan fingerprint density at radius 3 is 2.62 bits per heavy atom. The second-order valence-corrected chi connectivity index (χ2v) is 3.64. The lowest BCUT2D eigenvalue weighted by Gasteiger charge is -2.15. The number of hydrogen-bond donors (Lipinski definition) is 1. The Labute approximate surface area is 81.2 Å². The first-order valence-electron chi connectivity index (χ1n) is 4.95. The molecule has 1 rings (SSSR count). The van der Waals surface area contributed by atoms with Crippen molar-refractivity contribution in [2.45, 2.75) is 33.7 Å². The summed E-state index contributed by atoms with van der Waals surface area (Å²) in [7, 11) is 0. The topological polar surface area (TPSA) is 12.0 Å². The third-order valence-electron chi connectivity index (χ3n) is 2.41. The third kappa shape index (κ3) is 2.56. The lowest BCUT2D eigenvalue weighted by molar-refractivity contribution is 0.595. The van der Waals surface area contributed by atoms with Gasteiger partial charge in [0.15, 0.2) is 0 Å². The molecule has 0 fully saturated rings. The Bertz CT molecular complexity index is 278. The molecule has 0 radical (unpaired) electrons. The number of rotatable bonds is 3. The molecule has 1 atom stereocenters. The van der Waals surface area contributed by atoms with E-state index >= 15 is 0 Å². The van der Waals surface area contributed by atoms with Crippen LogP contribution in [0.1, 0.15) is 36.6 Å². The molecule has 72 valence electrons. The molecule has 1 unspecified atom stereocenters. The molecule has 0 bridgehead atoms. The molecule has 0 aliphatic heterocycles. The van der Waals surface area contributed by atoms with E-state index in [2.05, 4.69) is 51.2 Å². The minimum absolute atomic E-state index is 0.463. The monoisotopic (exact) mass is 177 g/mol. The van der Waals surface area contributed by atoms with E-state index in [1.807, 2.05) is 0 Å². The quantitative estimate of drug-likeness (QED) is 0.748. The predicted octanol–water partition coefficient (Wildman–Crippen LogP) is 2.97. The summed E-state index contributed by atoms with van der Waals surface area (Å²) in [5, 5.41) is 3.43. The molecule has 0 aromatic heterocycles. The average Bonchev–Trinajstić information content (AvgIpc) is 2.09. The van der Waals surface area contributed by atoms with Crippen LogP contribution < -0.4 is 5.32 Å². The van der Waals surface area contributed by atoms with Crippen LogP contribution in [0.4, 0.5) is 0 Å². The minimum atomic E-state index is 0.463. The molecule has 1 aromatic rings. The Balaban J connectivity index is 2.91. The average molecular weight is 177 g/mol. The van der Waals surface area contributed by atoms with Gasteiger partial charge in [-0.1, -0.05) is 30.7 Å². The maximum atomic E-state index is 3.43. The smallest absolute Gasteiger partial charge is 0.0294 e. The van der Waals surface area contributed by atoms with Gasteiger partial charge in [-0.05, 0) is 38.4 Å². The number of nitrogens with one attached hydrogen (secondary N) is 1. The van der Waals surface area contributed by atoms with E-state index in [4.69, 9.17) is 0 Å². The summed E-state index contributed by atoms with van der Waals surface area (Å²) in [5.74, 6) is 0. The van der Waals surface area contributed by atoms with E-state index in [-0.39, 0.29) is 0 Å². The van der Waals surface area contributed by atoms with Crippen LogP contribution in [0.2, 0.25) is 0 Å². The Kier molecular flexibility index (Phi) is 3.49. The highest BCUT2D eigenvalue weighted by Gasteiger charge is 2.06. The molecule has 13 heavy (non-hydrogen) atoms. The van der Waals surface area contributed by atoms with Crippen LogP contribution in [-0.4, -0.2) is 6.54 Å². The van der Waals surface area contributed by atoms with Crippen molar-refractivity contribution in [1.82, 2.24) is 5.32 Å². The first kappa shape index (κ1) is 10.3. The van der Waals surface area contributed by atoms with Crippen molar-refractivity contribution in [3.63, 3.8) is 0 Å². The second kappa shape index (κ2) is 4.43. The van der Waals surface area contributed by atoms with Crippen molar-refractivity contribution in [1.29, 1.82) is 0 Å². The van der Waals surface area contributed by atoms with Gasteiger partial charge in [0.05, 0.1) is 0 Å². The van der Waals surface area contributed by atoms with E-state index < -0.39 is 0 Å². The third-order valence-corrected chi connectivity index (χ3v) is 2.41. The maximum Gasteiger partial charge on any atom is 0.0294 e. The highest BCUT2D eigenvalue weighted by Crippen LogP contribution is 2.18. The molecular weight excluding hydrogens is 158 g/mol. The minimum Gasteiger partial charge on any atom is -0.310 e. The van der Waals surface area contributed by atoms with Gasteiger partial charge in [-0.3, -0.25) is 0 Å². The fourth-order valence-electron chi connectivity index (χ4n) is 1.64. The number of benzene rings is 1. The van der Waals surface area contributed by atoms with Gasteiger partial charge < -0.3 is 5.32 Å². The molecule has 0 saturated heterocycles. The first-order chi connectivity index (χ1) is 6.15. The van der Waals surface area contributed by atoms with E-state index in [0.717, 1.165) is 6.54 Å². The summed E-state index contributed by atoms with van der Waals surface area (Å²) >= 11 is 0. The zero-order chi connectivity index (χ0) is 9.84. The lowest BCUT2D eigenvalue weighted by atomic mass is 10.00. The van der Waals surface area contributed by atoms with Gasteiger partial charge in [0.25, 0.3) is 0 Å². The van der Waals surface area contributed by atoms with Crippen molar-refractivity contribution < 1.29 is 0 Å². The summed E-state index contributed by atoms with van der Waals surface area (Å²) in [6, 6.07) is 7.09. The highest BCUT2D eigenvalue weighted by molar-refractivity contribution is 5.32. The van der Waals surface area contributed by atoms with E-state index in [9.17, 15) is 0 Å². The standard InChI is InChI=1S/C12H19N/c1-5-13-11(4)12-8-9(2)6-7-10(12)3/h6-8,11,13H,5H2,1-4H3. The van der Waals surface area contributed by atoms with Crippen molar-refractivity contribution in [2.24, 2.45) is 0 Å². The number of hydrogen-bond acceptors (Lipinski definition) is 1. The molecule has 0 aliphatic carbocycles. The zero-order valence-corrected chi connectivity index (χ0v) is 9.02. The van der Waals surface area contributed by atoms with Crippen LogP contribution in [0.5, 0.6) is 0 Å². The van der Waals surface area contributed by atoms with E-state index in [1.54, 1.807) is 0 Å². The molecule has 1 nitrogen and oxygen atoms in total. The van der Waals surface area contributed by atoms with Crippen molar-refractivity contribution >= 4 is 0 Å². The molecule has 0 amide bonds. The van der Waals surface area contributed by atoms with Crippen molar-refractivity contribution in [2.75, 3.05) is 6.54 Å². The van der Waals surface area contributed by atoms with Gasteiger partial charge in [-0.15, -0.1) is 0 Å². The van der Waals surface area contributed by atoms with Crippen LogP contribution >= 0.6 is 0 Å². The van der Waals surface area contributed by atoms with Gasteiger partial charge in [0, 0.05) is 6.04 Å². The first-order valence-corrected chi connectivity index (χ1v) is 4.95. The van der Waals surface area contributed by atoms with Gasteiger partial charge >= 0.3 is 0 Å². The van der Waals surface area contributed by atoms with Crippen LogP contribution in [0.25, 0.3) is 0 Å². The van der Waals surface area contributed by atoms with E-state index in [1.165, 1.54) is 16.7 Å². The second-order valence-electron chi connectivity index (χ2n) is 3.64. The summed E-state index contributed by atoms with van der Waals surface area (Å²) < 4.78 is 0. The summed E-state index contributed by atoms with van der Waals surface area (Å²) in [5.41, 5.74) is 4.13. The zero-order valence-electron chi connectivity index (χ0n) is 9.02. The maximum absolute atomic E-state index is 3.43. The van der Waals surface area contributed by atoms with Gasteiger partial charge in [0.2, 0.25) is 0 Å². The summed E-state index contributed by atoms with van der Waals surface area (Å²) in [6.07, 6.45) is 0. The summed E-state index contributed by atoms with van der Waals surface area (Å²) in [4.78, 5) is 0. The number of aryl methyl sites for hydroxylation is 2. The molecule has 0 aliphatic rings. The summed E-state index contributed by atoms with van der Waals surface area (Å²) in [6.45, 7) is 9.69. The van der Waals surface area contributed by atoms with Gasteiger partial charge in [0.1, 0.15) is 0 Å². The molecule has 1 aromatic carbocycles. The van der Waals surface area contributed by atoms with Crippen LogP contribution in [0.3, 0.4) is 0 Å². The van der Waals surface area contributed by atoms with Gasteiger partial charge in [-0.25, -0.2) is 0 Å². The highest BCUT2D eigenvalue weighted by atomic mass is 14.9.